The van der Waals surface area contributed by atoms with E-state index in [9.17, 15) is 5.11 Å². The van der Waals surface area contributed by atoms with Crippen LogP contribution in [0.3, 0.4) is 0 Å². The van der Waals surface area contributed by atoms with Crippen molar-refractivity contribution in [2.75, 3.05) is 0 Å². The highest BCUT2D eigenvalue weighted by atomic mass is 16.3. The number of aliphatic hydroxyl groups is 1. The van der Waals surface area contributed by atoms with Crippen LogP contribution >= 0.6 is 0 Å². The van der Waals surface area contributed by atoms with E-state index in [1.807, 2.05) is 0 Å². The summed E-state index contributed by atoms with van der Waals surface area (Å²) in [5, 5.41) is 9.53. The molecule has 0 aromatic heterocycles. The molecule has 0 bridgehead atoms. The van der Waals surface area contributed by atoms with Crippen molar-refractivity contribution in [2.24, 2.45) is 0 Å². The van der Waals surface area contributed by atoms with Crippen LogP contribution in [0.2, 0.25) is 0 Å². The van der Waals surface area contributed by atoms with Crippen molar-refractivity contribution in [3.63, 3.8) is 0 Å². The third-order valence-electron chi connectivity index (χ3n) is 4.12. The molecule has 1 saturated carbocycles. The van der Waals surface area contributed by atoms with Crippen LogP contribution in [0.15, 0.2) is 12.1 Å². The second-order valence-corrected chi connectivity index (χ2v) is 5.29. The Morgan fingerprint density at radius 1 is 0.941 bits per heavy atom. The summed E-state index contributed by atoms with van der Waals surface area (Å²) in [5.41, 5.74) is 5.70. The number of rotatable bonds is 1. The van der Waals surface area contributed by atoms with Crippen LogP contribution in [-0.2, 0) is 0 Å². The molecule has 2 heteroatoms. The molecule has 1 N–H and O–H groups in total. The molecule has 2 rings (SSSR count). The van der Waals surface area contributed by atoms with Crippen molar-refractivity contribution in [3.8, 4) is 0 Å². The molecule has 1 aliphatic rings. The maximum absolute atomic E-state index is 9.53. The van der Waals surface area contributed by atoms with Gasteiger partial charge < -0.3 is 5.11 Å². The fourth-order valence-corrected chi connectivity index (χ4v) is 2.71. The van der Waals surface area contributed by atoms with Crippen molar-refractivity contribution in [1.29, 1.82) is 0 Å². The Morgan fingerprint density at radius 3 is 1.88 bits per heavy atom. The lowest BCUT2D eigenvalue weighted by molar-refractivity contribution is 0.122. The van der Waals surface area contributed by atoms with Crippen LogP contribution in [0.1, 0.15) is 53.9 Å². The maximum atomic E-state index is 9.53. The van der Waals surface area contributed by atoms with Crippen molar-refractivity contribution in [1.82, 2.24) is 0 Å². The van der Waals surface area contributed by atoms with E-state index in [4.69, 9.17) is 0 Å². The van der Waals surface area contributed by atoms with Crippen LogP contribution in [0.25, 0.3) is 0 Å². The fraction of sp³-hybridized carbons (Fsp3) is 0.600. The van der Waals surface area contributed by atoms with Gasteiger partial charge in [0.05, 0.1) is 6.10 Å². The first-order valence-corrected chi connectivity index (χ1v) is 6.33. The standard InChI is InChI=1S/C15H22O.B/c1-10-8-14(9-11(2)12(10)3)13-4-6-15(16)7-5-13;/h8-9,13,15-16H,4-7H2,1-3H3;. The molecule has 1 aromatic rings. The molecular formula is C15H22BO. The van der Waals surface area contributed by atoms with E-state index in [2.05, 4.69) is 32.9 Å². The number of aliphatic hydroxyl groups excluding tert-OH is 1. The Hall–Kier alpha value is -0.755. The highest BCUT2D eigenvalue weighted by molar-refractivity contribution is 5.75. The summed E-state index contributed by atoms with van der Waals surface area (Å²) in [5.74, 6) is 0.668. The lowest BCUT2D eigenvalue weighted by atomic mass is 9.81. The molecule has 0 atom stereocenters. The second kappa shape index (κ2) is 5.73. The average Bonchev–Trinajstić information content (AvgIpc) is 2.26. The normalized spacial score (nSPS) is 24.2. The molecule has 0 saturated heterocycles. The van der Waals surface area contributed by atoms with E-state index in [0.29, 0.717) is 5.92 Å². The zero-order chi connectivity index (χ0) is 11.7. The van der Waals surface area contributed by atoms with E-state index in [-0.39, 0.29) is 14.5 Å². The summed E-state index contributed by atoms with van der Waals surface area (Å²) in [6, 6.07) is 4.68. The fourth-order valence-electron chi connectivity index (χ4n) is 2.71. The third kappa shape index (κ3) is 3.13. The van der Waals surface area contributed by atoms with Gasteiger partial charge in [0.1, 0.15) is 0 Å². The molecule has 0 aliphatic heterocycles. The number of aryl methyl sites for hydroxylation is 2. The predicted octanol–water partition coefficient (Wildman–Crippen LogP) is 3.25. The predicted molar refractivity (Wildman–Crippen MR) is 73.6 cm³/mol. The monoisotopic (exact) mass is 229 g/mol. The Morgan fingerprint density at radius 2 is 1.41 bits per heavy atom. The Balaban J connectivity index is 0.00000144. The van der Waals surface area contributed by atoms with Gasteiger partial charge in [-0.1, -0.05) is 12.1 Å². The third-order valence-corrected chi connectivity index (χ3v) is 4.12. The maximum Gasteiger partial charge on any atom is 0.0540 e. The first-order valence-electron chi connectivity index (χ1n) is 6.33. The lowest BCUT2D eigenvalue weighted by Crippen LogP contribution is -2.17. The van der Waals surface area contributed by atoms with Crippen LogP contribution < -0.4 is 0 Å². The summed E-state index contributed by atoms with van der Waals surface area (Å²) in [7, 11) is 0. The highest BCUT2D eigenvalue weighted by Gasteiger charge is 2.21. The van der Waals surface area contributed by atoms with Gasteiger partial charge in [0.15, 0.2) is 0 Å². The van der Waals surface area contributed by atoms with Gasteiger partial charge in [-0.25, -0.2) is 0 Å². The highest BCUT2D eigenvalue weighted by Crippen LogP contribution is 2.34. The van der Waals surface area contributed by atoms with Crippen molar-refractivity contribution < 1.29 is 5.11 Å². The summed E-state index contributed by atoms with van der Waals surface area (Å²) in [4.78, 5) is 0. The van der Waals surface area contributed by atoms with Gasteiger partial charge >= 0.3 is 0 Å². The Labute approximate surface area is 107 Å². The van der Waals surface area contributed by atoms with Crippen molar-refractivity contribution >= 4 is 8.41 Å². The van der Waals surface area contributed by atoms with E-state index in [1.165, 1.54) is 22.3 Å². The summed E-state index contributed by atoms with van der Waals surface area (Å²) >= 11 is 0. The van der Waals surface area contributed by atoms with Gasteiger partial charge in [-0.05, 0) is 74.6 Å². The van der Waals surface area contributed by atoms with Gasteiger partial charge in [0.2, 0.25) is 0 Å². The van der Waals surface area contributed by atoms with Crippen LogP contribution in [-0.4, -0.2) is 19.6 Å². The zero-order valence-electron chi connectivity index (χ0n) is 11.2. The van der Waals surface area contributed by atoms with E-state index < -0.39 is 0 Å². The number of hydrogen-bond donors (Lipinski definition) is 1. The van der Waals surface area contributed by atoms with Gasteiger partial charge in [-0.3, -0.25) is 0 Å². The SMILES string of the molecule is Cc1cc(C2CCC(O)CC2)cc(C)c1C.[B]. The molecule has 0 heterocycles. The zero-order valence-corrected chi connectivity index (χ0v) is 11.2. The van der Waals surface area contributed by atoms with Crippen LogP contribution in [0, 0.1) is 20.8 Å². The largest absolute Gasteiger partial charge is 0.393 e. The number of hydrogen-bond acceptors (Lipinski definition) is 1. The van der Waals surface area contributed by atoms with Gasteiger partial charge in [0.25, 0.3) is 0 Å². The molecule has 1 nitrogen and oxygen atoms in total. The minimum absolute atomic E-state index is 0. The van der Waals surface area contributed by atoms with Crippen LogP contribution in [0.5, 0.6) is 0 Å². The van der Waals surface area contributed by atoms with Gasteiger partial charge in [-0.15, -0.1) is 0 Å². The minimum atomic E-state index is -0.0520. The second-order valence-electron chi connectivity index (χ2n) is 5.29. The quantitative estimate of drug-likeness (QED) is 0.733. The molecule has 1 aliphatic carbocycles. The number of benzene rings is 1. The smallest absolute Gasteiger partial charge is 0.0540 e. The summed E-state index contributed by atoms with van der Waals surface area (Å²) in [6.45, 7) is 6.59. The molecule has 0 spiro atoms. The minimum Gasteiger partial charge on any atom is -0.393 e. The Kier molecular flexibility index (Phi) is 4.82. The molecule has 0 unspecified atom stereocenters. The molecule has 91 valence electrons. The summed E-state index contributed by atoms with van der Waals surface area (Å²) in [6.07, 6.45) is 4.17. The first-order chi connectivity index (χ1) is 7.58. The Bertz CT molecular complexity index is 356. The van der Waals surface area contributed by atoms with Crippen molar-refractivity contribution in [2.45, 2.75) is 58.5 Å². The van der Waals surface area contributed by atoms with E-state index in [1.54, 1.807) is 0 Å². The average molecular weight is 229 g/mol. The lowest BCUT2D eigenvalue weighted by Gasteiger charge is -2.26. The molecule has 1 aromatic carbocycles. The molecule has 0 amide bonds. The van der Waals surface area contributed by atoms with Crippen LogP contribution in [0.4, 0.5) is 0 Å². The topological polar surface area (TPSA) is 20.2 Å². The van der Waals surface area contributed by atoms with Crippen molar-refractivity contribution in [3.05, 3.63) is 34.4 Å². The van der Waals surface area contributed by atoms with E-state index >= 15 is 0 Å². The molecular weight excluding hydrogens is 207 g/mol. The first kappa shape index (κ1) is 14.3. The van der Waals surface area contributed by atoms with E-state index in [0.717, 1.165) is 25.7 Å². The molecule has 1 fully saturated rings. The molecule has 3 radical (unpaired) electrons. The molecule has 17 heavy (non-hydrogen) atoms. The van der Waals surface area contributed by atoms with Gasteiger partial charge in [-0.2, -0.15) is 0 Å². The summed E-state index contributed by atoms with van der Waals surface area (Å²) < 4.78 is 0. The van der Waals surface area contributed by atoms with Gasteiger partial charge in [0, 0.05) is 8.41 Å².